The lowest BCUT2D eigenvalue weighted by Crippen LogP contribution is -2.48. The van der Waals surface area contributed by atoms with Gasteiger partial charge in [0.15, 0.2) is 0 Å². The lowest BCUT2D eigenvalue weighted by Gasteiger charge is -2.33. The van der Waals surface area contributed by atoms with Crippen LogP contribution in [0.1, 0.15) is 33.6 Å². The van der Waals surface area contributed by atoms with Crippen molar-refractivity contribution < 1.29 is 13.9 Å². The van der Waals surface area contributed by atoms with Crippen LogP contribution in [0.25, 0.3) is 11.3 Å². The van der Waals surface area contributed by atoms with Gasteiger partial charge in [-0.05, 0) is 45.1 Å². The molecule has 5 heterocycles. The molecule has 0 bridgehead atoms. The number of likely N-dealkylation sites (tertiary alicyclic amines) is 1. The van der Waals surface area contributed by atoms with E-state index < -0.39 is 0 Å². The molecule has 0 aliphatic carbocycles. The van der Waals surface area contributed by atoms with Gasteiger partial charge >= 0.3 is 0 Å². The van der Waals surface area contributed by atoms with Gasteiger partial charge in [0.25, 0.3) is 5.91 Å². The molecule has 3 aromatic heterocycles. The summed E-state index contributed by atoms with van der Waals surface area (Å²) in [6.07, 6.45) is 7.93. The standard InChI is InChI=1S/C28H30FN7O2/c1-17-20(29)5-4-6-21(17)33-25-23-26(28(15-31-27(23)37)8-10-35(2)16-28)34-24(25)19-7-9-30-12-22(19)38-14-18-11-32-36(3)13-18/h4-7,9,11-13,33-34H,8,10,14-16H2,1-3H3,(H,31,37)/t28-/m0/s1. The number of hydrogen-bond acceptors (Lipinski definition) is 6. The highest BCUT2D eigenvalue weighted by atomic mass is 19.1. The number of fused-ring (bicyclic) bond motifs is 2. The normalized spacial score (nSPS) is 19.0. The van der Waals surface area contributed by atoms with Crippen LogP contribution in [-0.2, 0) is 19.1 Å². The lowest BCUT2D eigenvalue weighted by atomic mass is 9.79. The Morgan fingerprint density at radius 1 is 1.24 bits per heavy atom. The third-order valence-electron chi connectivity index (χ3n) is 7.62. The van der Waals surface area contributed by atoms with E-state index in [2.05, 4.69) is 37.6 Å². The molecule has 2 aliphatic rings. The molecular weight excluding hydrogens is 485 g/mol. The Balaban J connectivity index is 1.50. The molecule has 9 nitrogen and oxygen atoms in total. The molecule has 38 heavy (non-hydrogen) atoms. The Bertz CT molecular complexity index is 1530. The molecule has 1 amide bonds. The number of aromatic amines is 1. The molecule has 1 saturated heterocycles. The highest BCUT2D eigenvalue weighted by molar-refractivity contribution is 6.07. The van der Waals surface area contributed by atoms with E-state index in [4.69, 9.17) is 4.74 Å². The number of rotatable bonds is 6. The molecular formula is C28H30FN7O2. The minimum Gasteiger partial charge on any atom is -0.486 e. The smallest absolute Gasteiger partial charge is 0.255 e. The summed E-state index contributed by atoms with van der Waals surface area (Å²) in [6.45, 7) is 4.35. The third-order valence-corrected chi connectivity index (χ3v) is 7.62. The summed E-state index contributed by atoms with van der Waals surface area (Å²) in [5.41, 5.74) is 5.25. The van der Waals surface area contributed by atoms with Crippen LogP contribution in [0.3, 0.4) is 0 Å². The fraction of sp³-hybridized carbons (Fsp3) is 0.321. The molecule has 2 aliphatic heterocycles. The first-order valence-corrected chi connectivity index (χ1v) is 12.6. The predicted molar refractivity (Wildman–Crippen MR) is 142 cm³/mol. The summed E-state index contributed by atoms with van der Waals surface area (Å²) in [4.78, 5) is 23.6. The molecule has 10 heteroatoms. The van der Waals surface area contributed by atoms with Gasteiger partial charge in [-0.15, -0.1) is 0 Å². The number of H-pyrrole nitrogens is 1. The van der Waals surface area contributed by atoms with Crippen LogP contribution in [0.2, 0.25) is 0 Å². The second kappa shape index (κ2) is 9.29. The number of carbonyl (C=O) groups excluding carboxylic acids is 1. The number of halogens is 1. The van der Waals surface area contributed by atoms with E-state index in [0.717, 1.165) is 36.3 Å². The maximum absolute atomic E-state index is 14.5. The van der Waals surface area contributed by atoms with Crippen LogP contribution in [0.15, 0.2) is 49.1 Å². The number of carbonyl (C=O) groups is 1. The molecule has 0 saturated carbocycles. The van der Waals surface area contributed by atoms with Crippen molar-refractivity contribution in [1.29, 1.82) is 0 Å². The number of benzene rings is 1. The lowest BCUT2D eigenvalue weighted by molar-refractivity contribution is 0.0925. The van der Waals surface area contributed by atoms with Gasteiger partial charge in [0, 0.05) is 66.0 Å². The molecule has 1 aromatic carbocycles. The van der Waals surface area contributed by atoms with Crippen LogP contribution >= 0.6 is 0 Å². The summed E-state index contributed by atoms with van der Waals surface area (Å²) in [6, 6.07) is 6.77. The first-order valence-electron chi connectivity index (χ1n) is 12.6. The van der Waals surface area contributed by atoms with E-state index in [1.165, 1.54) is 6.07 Å². The van der Waals surface area contributed by atoms with Gasteiger partial charge in [0.2, 0.25) is 0 Å². The Morgan fingerprint density at radius 2 is 2.11 bits per heavy atom. The number of anilines is 2. The molecule has 1 spiro atoms. The molecule has 4 aromatic rings. The topological polar surface area (TPSA) is 100 Å². The summed E-state index contributed by atoms with van der Waals surface area (Å²) in [5, 5.41) is 10.7. The minimum atomic E-state index is -0.316. The van der Waals surface area contributed by atoms with Gasteiger partial charge in [-0.3, -0.25) is 14.5 Å². The highest BCUT2D eigenvalue weighted by Crippen LogP contribution is 2.46. The van der Waals surface area contributed by atoms with Gasteiger partial charge in [0.05, 0.1) is 29.3 Å². The summed E-state index contributed by atoms with van der Waals surface area (Å²) >= 11 is 0. The Hall–Kier alpha value is -4.18. The van der Waals surface area contributed by atoms with Crippen LogP contribution in [-0.4, -0.2) is 57.2 Å². The van der Waals surface area contributed by atoms with Crippen molar-refractivity contribution in [1.82, 2.24) is 30.0 Å². The molecule has 0 radical (unpaired) electrons. The number of amides is 1. The summed E-state index contributed by atoms with van der Waals surface area (Å²) in [7, 11) is 3.95. The molecule has 6 rings (SSSR count). The quantitative estimate of drug-likeness (QED) is 0.360. The second-order valence-corrected chi connectivity index (χ2v) is 10.3. The average molecular weight is 516 g/mol. The first-order chi connectivity index (χ1) is 18.3. The molecule has 0 unspecified atom stereocenters. The van der Waals surface area contributed by atoms with Crippen molar-refractivity contribution in [2.24, 2.45) is 7.05 Å². The summed E-state index contributed by atoms with van der Waals surface area (Å²) < 4.78 is 22.4. The Kier molecular flexibility index (Phi) is 5.91. The number of nitrogens with one attached hydrogen (secondary N) is 3. The SMILES string of the molecule is Cc1c(F)cccc1Nc1c(-c2ccncc2OCc2cnn(C)c2)[nH]c2c1C(=O)NC[C@]21CCN(C)C1. The second-order valence-electron chi connectivity index (χ2n) is 10.3. The minimum absolute atomic E-state index is 0.161. The van der Waals surface area contributed by atoms with E-state index >= 15 is 0 Å². The molecule has 1 fully saturated rings. The summed E-state index contributed by atoms with van der Waals surface area (Å²) in [5.74, 6) is 0.0850. The number of pyridine rings is 1. The Labute approximate surface area is 220 Å². The largest absolute Gasteiger partial charge is 0.486 e. The fourth-order valence-corrected chi connectivity index (χ4v) is 5.59. The van der Waals surface area contributed by atoms with Gasteiger partial charge in [-0.1, -0.05) is 6.07 Å². The van der Waals surface area contributed by atoms with Gasteiger partial charge in [-0.2, -0.15) is 5.10 Å². The van der Waals surface area contributed by atoms with Gasteiger partial charge < -0.3 is 25.3 Å². The van der Waals surface area contributed by atoms with Crippen LogP contribution in [0.5, 0.6) is 5.75 Å². The van der Waals surface area contributed by atoms with E-state index in [-0.39, 0.29) is 17.1 Å². The zero-order valence-electron chi connectivity index (χ0n) is 21.6. The molecule has 196 valence electrons. The number of aryl methyl sites for hydroxylation is 1. The predicted octanol–water partition coefficient (Wildman–Crippen LogP) is 3.90. The highest BCUT2D eigenvalue weighted by Gasteiger charge is 2.47. The van der Waals surface area contributed by atoms with Crippen molar-refractivity contribution >= 4 is 17.3 Å². The average Bonchev–Trinajstić information content (AvgIpc) is 3.61. The number of hydrogen-bond donors (Lipinski definition) is 3. The molecule has 3 N–H and O–H groups in total. The van der Waals surface area contributed by atoms with Crippen LogP contribution in [0, 0.1) is 12.7 Å². The maximum Gasteiger partial charge on any atom is 0.255 e. The fourth-order valence-electron chi connectivity index (χ4n) is 5.59. The zero-order chi connectivity index (χ0) is 26.4. The maximum atomic E-state index is 14.5. The van der Waals surface area contributed by atoms with Crippen molar-refractivity contribution in [3.05, 3.63) is 77.3 Å². The number of likely N-dealkylation sites (N-methyl/N-ethyl adjacent to an activating group) is 1. The number of nitrogens with zero attached hydrogens (tertiary/aromatic N) is 4. The van der Waals surface area contributed by atoms with Crippen LogP contribution in [0.4, 0.5) is 15.8 Å². The van der Waals surface area contributed by atoms with E-state index in [9.17, 15) is 9.18 Å². The van der Waals surface area contributed by atoms with E-state index in [1.807, 2.05) is 25.4 Å². The van der Waals surface area contributed by atoms with Crippen molar-refractivity contribution in [2.75, 3.05) is 32.0 Å². The number of aromatic nitrogens is 4. The Morgan fingerprint density at radius 3 is 2.87 bits per heavy atom. The monoisotopic (exact) mass is 515 g/mol. The van der Waals surface area contributed by atoms with Crippen molar-refractivity contribution in [2.45, 2.75) is 25.4 Å². The van der Waals surface area contributed by atoms with Gasteiger partial charge in [0.1, 0.15) is 18.2 Å². The van der Waals surface area contributed by atoms with Crippen molar-refractivity contribution in [3.63, 3.8) is 0 Å². The molecule has 1 atom stereocenters. The van der Waals surface area contributed by atoms with E-state index in [0.29, 0.717) is 47.1 Å². The first kappa shape index (κ1) is 24.2. The van der Waals surface area contributed by atoms with Crippen molar-refractivity contribution in [3.8, 4) is 17.0 Å². The number of ether oxygens (including phenoxy) is 1. The van der Waals surface area contributed by atoms with Crippen LogP contribution < -0.4 is 15.4 Å². The third kappa shape index (κ3) is 4.10. The zero-order valence-corrected chi connectivity index (χ0v) is 21.6. The van der Waals surface area contributed by atoms with E-state index in [1.54, 1.807) is 36.3 Å². The van der Waals surface area contributed by atoms with Gasteiger partial charge in [-0.25, -0.2) is 4.39 Å².